The Hall–Kier alpha value is -3.06. The first-order valence-electron chi connectivity index (χ1n) is 9.58. The van der Waals surface area contributed by atoms with Crippen LogP contribution in [0.5, 0.6) is 5.75 Å². The maximum atomic E-state index is 12.9. The first-order chi connectivity index (χ1) is 14.3. The van der Waals surface area contributed by atoms with E-state index in [-0.39, 0.29) is 35.3 Å². The molecular formula is C22H22ClNO6. The molecule has 0 unspecified atom stereocenters. The quantitative estimate of drug-likeness (QED) is 0.517. The third-order valence-corrected chi connectivity index (χ3v) is 5.10. The maximum absolute atomic E-state index is 12.9. The molecule has 1 aliphatic heterocycles. The van der Waals surface area contributed by atoms with Crippen LogP contribution in [0.1, 0.15) is 45.7 Å². The van der Waals surface area contributed by atoms with Crippen molar-refractivity contribution in [1.29, 1.82) is 0 Å². The molecule has 8 heteroatoms. The predicted octanol–water partition coefficient (Wildman–Crippen LogP) is 3.05. The van der Waals surface area contributed by atoms with Crippen LogP contribution in [0, 0.1) is 0 Å². The summed E-state index contributed by atoms with van der Waals surface area (Å²) in [5.41, 5.74) is 0.913. The van der Waals surface area contributed by atoms with Gasteiger partial charge in [-0.3, -0.25) is 4.79 Å². The highest BCUT2D eigenvalue weighted by atomic mass is 35.5. The number of fused-ring (bicyclic) bond motifs is 1. The topological polar surface area (TPSA) is 102 Å². The minimum atomic E-state index is -0.985. The summed E-state index contributed by atoms with van der Waals surface area (Å²) in [6, 6.07) is 9.43. The third kappa shape index (κ3) is 4.57. The Kier molecular flexibility index (Phi) is 6.62. The average molecular weight is 452 g/mol. The lowest BCUT2D eigenvalue weighted by Gasteiger charge is -2.24. The van der Waals surface area contributed by atoms with Gasteiger partial charge in [-0.2, -0.15) is 0 Å². The number of esters is 2. The number of rotatable bonds is 6. The van der Waals surface area contributed by atoms with E-state index in [4.69, 9.17) is 21.1 Å². The SMILES string of the molecule is CCO[13C](=O)[13C@H]([13CH2][13c]1[13cH][13cH][13cH][13cH][13cH]1)N[13C](=O)[13c]1[13cH][13c](Cl)[13c]2[13c]([13c]1O)[13C](=O)O[13C@H]([13CH3])[13CH2]2. The van der Waals surface area contributed by atoms with Crippen molar-refractivity contribution in [2.24, 2.45) is 0 Å². The van der Waals surface area contributed by atoms with Crippen molar-refractivity contribution in [2.75, 3.05) is 6.61 Å². The number of halogens is 1. The van der Waals surface area contributed by atoms with Gasteiger partial charge in [0.2, 0.25) is 0 Å². The molecular weight excluding hydrogens is 430 g/mol. The molecule has 1 heterocycles. The number of ether oxygens (including phenoxy) is 2. The van der Waals surface area contributed by atoms with Crippen LogP contribution in [-0.4, -0.2) is 41.7 Å². The molecule has 0 radical (unpaired) electrons. The van der Waals surface area contributed by atoms with Gasteiger partial charge in [0.05, 0.1) is 12.2 Å². The second-order valence-corrected chi connectivity index (χ2v) is 7.40. The lowest BCUT2D eigenvalue weighted by atomic mass is 10.9. The zero-order valence-electron chi connectivity index (χ0n) is 16.6. The highest BCUT2D eigenvalue weighted by Gasteiger charge is 2.33. The van der Waals surface area contributed by atoms with E-state index in [0.29, 0.717) is 12.0 Å². The second kappa shape index (κ2) is 9.17. The van der Waals surface area contributed by atoms with Crippen molar-refractivity contribution in [3.05, 3.63) is 63.7 Å². The van der Waals surface area contributed by atoms with Crippen LogP contribution < -0.4 is 5.32 Å². The van der Waals surface area contributed by atoms with Gasteiger partial charge >= 0.3 is 11.9 Å². The molecule has 30 heavy (non-hydrogen) atoms. The van der Waals surface area contributed by atoms with E-state index in [1.54, 1.807) is 13.8 Å². The van der Waals surface area contributed by atoms with Crippen LogP contribution in [0.2, 0.25) is 5.02 Å². The first-order valence-corrected chi connectivity index (χ1v) is 9.96. The first kappa shape index (κ1) is 21.6. The zero-order chi connectivity index (χ0) is 21.8. The summed E-state index contributed by atoms with van der Waals surface area (Å²) in [6.07, 6.45) is 0.139. The Labute approximate surface area is 178 Å². The minimum Gasteiger partial charge on any atom is -0.506 e. The van der Waals surface area contributed by atoms with Crippen molar-refractivity contribution >= 4 is 29.4 Å². The van der Waals surface area contributed by atoms with Gasteiger partial charge in [0.25, 0.3) is 5.91 Å². The number of hydrogen-bond acceptors (Lipinski definition) is 6. The van der Waals surface area contributed by atoms with Gasteiger partial charge in [-0.05, 0) is 31.0 Å². The van der Waals surface area contributed by atoms with Crippen LogP contribution in [-0.2, 0) is 27.1 Å². The van der Waals surface area contributed by atoms with E-state index in [0.717, 1.165) is 5.56 Å². The van der Waals surface area contributed by atoms with Gasteiger partial charge in [0, 0.05) is 17.9 Å². The molecule has 158 valence electrons. The summed E-state index contributed by atoms with van der Waals surface area (Å²) in [5.74, 6) is -2.63. The molecule has 2 aromatic carbocycles. The van der Waals surface area contributed by atoms with Gasteiger partial charge in [-0.1, -0.05) is 41.9 Å². The molecule has 7 nitrogen and oxygen atoms in total. The van der Waals surface area contributed by atoms with Gasteiger partial charge in [0.15, 0.2) is 0 Å². The van der Waals surface area contributed by atoms with Gasteiger partial charge in [0.1, 0.15) is 23.5 Å². The fraction of sp³-hybridized carbons (Fsp3) is 0.318. The summed E-state index contributed by atoms with van der Waals surface area (Å²) in [7, 11) is 0. The lowest BCUT2D eigenvalue weighted by Crippen LogP contribution is -2.43. The van der Waals surface area contributed by atoms with E-state index in [2.05, 4.69) is 5.32 Å². The van der Waals surface area contributed by atoms with E-state index in [1.165, 1.54) is 6.07 Å². The molecule has 2 atom stereocenters. The number of hydrogen-bond donors (Lipinski definition) is 2. The van der Waals surface area contributed by atoms with Crippen molar-refractivity contribution in [1.82, 2.24) is 5.32 Å². The summed E-state index contributed by atoms with van der Waals surface area (Å²) >= 11 is 6.28. The molecule has 0 saturated heterocycles. The monoisotopic (exact) mass is 451 g/mol. The molecule has 0 bridgehead atoms. The standard InChI is InChI=1S/C22H22ClNO6/c1-3-29-21(27)17(10-13-7-5-4-6-8-13)24-20(26)15-11-16(23)14-9-12(2)30-22(28)18(14)19(15)25/h4-8,11-12,17,25H,3,9-10H2,1-2H3,(H,24,26)/t12-,17+/m1/s1/i2+1,4+1,5+1,6+1,7+1,8+1,9+1,10+1,11+1,12+1,13+1,14+1,15+1,16+1,17+1,18+1,19+1,20+1,21+1,22+1. The summed E-state index contributed by atoms with van der Waals surface area (Å²) in [5, 5.41) is 13.3. The molecule has 0 spiro atoms. The third-order valence-electron chi connectivity index (χ3n) is 4.76. The Bertz CT molecular complexity index is 975. The van der Waals surface area contributed by atoms with Crippen LogP contribution in [0.3, 0.4) is 0 Å². The number of phenolic OH excluding ortho intramolecular Hbond substituents is 1. The van der Waals surface area contributed by atoms with E-state index >= 15 is 0 Å². The molecule has 0 aliphatic carbocycles. The normalized spacial score (nSPS) is 16.2. The number of cyclic esters (lactones) is 1. The Balaban J connectivity index is 1.90. The van der Waals surface area contributed by atoms with Gasteiger partial charge in [-0.25, -0.2) is 9.59 Å². The number of carbonyl (C=O) groups is 3. The highest BCUT2D eigenvalue weighted by molar-refractivity contribution is 6.32. The number of aromatic hydroxyl groups is 1. The fourth-order valence-corrected chi connectivity index (χ4v) is 3.65. The summed E-state index contributed by atoms with van der Waals surface area (Å²) in [6.45, 7) is 3.53. The maximum Gasteiger partial charge on any atom is 0.342 e. The van der Waals surface area contributed by atoms with Crippen LogP contribution in [0.25, 0.3) is 0 Å². The molecule has 3 rings (SSSR count). The van der Waals surface area contributed by atoms with Crippen molar-refractivity contribution in [3.63, 3.8) is 0 Å². The van der Waals surface area contributed by atoms with Gasteiger partial charge in [-0.15, -0.1) is 0 Å². The number of benzene rings is 2. The Morgan fingerprint density at radius 2 is 2.03 bits per heavy atom. The average Bonchev–Trinajstić information content (AvgIpc) is 2.70. The molecule has 1 aliphatic rings. The Morgan fingerprint density at radius 3 is 2.70 bits per heavy atom. The van der Waals surface area contributed by atoms with E-state index in [1.807, 2.05) is 30.3 Å². The van der Waals surface area contributed by atoms with E-state index in [9.17, 15) is 19.5 Å². The smallest absolute Gasteiger partial charge is 0.342 e. The number of phenols is 1. The summed E-state index contributed by atoms with van der Waals surface area (Å²) in [4.78, 5) is 37.5. The Morgan fingerprint density at radius 1 is 1.33 bits per heavy atom. The van der Waals surface area contributed by atoms with Crippen molar-refractivity contribution in [3.8, 4) is 5.75 Å². The highest BCUT2D eigenvalue weighted by Crippen LogP contribution is 2.36. The molecule has 2 N–H and O–H groups in total. The van der Waals surface area contributed by atoms with E-state index < -0.39 is 29.6 Å². The van der Waals surface area contributed by atoms with Gasteiger partial charge < -0.3 is 19.9 Å². The molecule has 0 fully saturated rings. The summed E-state index contributed by atoms with van der Waals surface area (Å²) < 4.78 is 10.2. The van der Waals surface area contributed by atoms with Crippen LogP contribution in [0.4, 0.5) is 0 Å². The molecule has 0 aromatic heterocycles. The largest absolute Gasteiger partial charge is 0.506 e. The molecule has 0 saturated carbocycles. The van der Waals surface area contributed by atoms with Crippen LogP contribution in [0.15, 0.2) is 36.4 Å². The van der Waals surface area contributed by atoms with Crippen molar-refractivity contribution < 1.29 is 29.0 Å². The fourth-order valence-electron chi connectivity index (χ4n) is 3.36. The molecule has 2 aromatic rings. The predicted molar refractivity (Wildman–Crippen MR) is 110 cm³/mol. The minimum absolute atomic E-state index is 0.124. The number of amides is 1. The molecule has 1 amide bonds. The van der Waals surface area contributed by atoms with Crippen LogP contribution >= 0.6 is 11.6 Å². The number of nitrogens with one attached hydrogen (secondary N) is 1. The lowest BCUT2D eigenvalue weighted by molar-refractivity contribution is -0.145. The number of carbonyl (C=O) groups excluding carboxylic acids is 3. The zero-order valence-corrected chi connectivity index (χ0v) is 17.4. The van der Waals surface area contributed by atoms with Crippen molar-refractivity contribution in [2.45, 2.75) is 38.8 Å². The second-order valence-electron chi connectivity index (χ2n) is 7.00.